The van der Waals surface area contributed by atoms with Crippen LogP contribution in [0.3, 0.4) is 0 Å². The molecule has 3 N–H and O–H groups in total. The highest BCUT2D eigenvalue weighted by Crippen LogP contribution is 2.33. The quantitative estimate of drug-likeness (QED) is 0.676. The van der Waals surface area contributed by atoms with E-state index in [1.54, 1.807) is 13.0 Å². The van der Waals surface area contributed by atoms with E-state index in [0.29, 0.717) is 22.1 Å². The average Bonchev–Trinajstić information content (AvgIpc) is 3.00. The van der Waals surface area contributed by atoms with Crippen LogP contribution in [0, 0.1) is 0 Å². The van der Waals surface area contributed by atoms with Gasteiger partial charge in [-0.3, -0.25) is 0 Å². The number of nitrogens with one attached hydrogen (secondary N) is 1. The molecule has 0 saturated heterocycles. The standard InChI is InChI=1S/C18H20N4O2S/c1-4-24-16(23)13-10-12-14(20-17(19)21-15(12)25-13)22-18(2,3)11-8-6-5-7-9-11/h5-10H,4H2,1-3H3,(H3,19,20,21,22). The third kappa shape index (κ3) is 3.56. The van der Waals surface area contributed by atoms with Crippen molar-refractivity contribution >= 4 is 39.3 Å². The molecule has 0 aliphatic rings. The largest absolute Gasteiger partial charge is 0.462 e. The molecular formula is C18H20N4O2S. The fourth-order valence-electron chi connectivity index (χ4n) is 2.56. The summed E-state index contributed by atoms with van der Waals surface area (Å²) in [6.07, 6.45) is 0. The van der Waals surface area contributed by atoms with Crippen LogP contribution in [0.15, 0.2) is 36.4 Å². The van der Waals surface area contributed by atoms with Gasteiger partial charge in [0.25, 0.3) is 0 Å². The predicted octanol–water partition coefficient (Wildman–Crippen LogP) is 3.80. The number of rotatable bonds is 5. The normalized spacial score (nSPS) is 11.5. The second-order valence-corrected chi connectivity index (χ2v) is 7.13. The Morgan fingerprint density at radius 3 is 2.68 bits per heavy atom. The fraction of sp³-hybridized carbons (Fsp3) is 0.278. The number of thiophene rings is 1. The Morgan fingerprint density at radius 2 is 2.00 bits per heavy atom. The van der Waals surface area contributed by atoms with Crippen molar-refractivity contribution in [3.05, 3.63) is 46.8 Å². The first-order valence-corrected chi connectivity index (χ1v) is 8.80. The summed E-state index contributed by atoms with van der Waals surface area (Å²) in [5.74, 6) is 0.400. The van der Waals surface area contributed by atoms with Crippen LogP contribution in [-0.4, -0.2) is 22.5 Å². The average molecular weight is 356 g/mol. The maximum Gasteiger partial charge on any atom is 0.348 e. The number of benzene rings is 1. The first-order valence-electron chi connectivity index (χ1n) is 7.98. The van der Waals surface area contributed by atoms with E-state index in [1.807, 2.05) is 30.3 Å². The molecule has 6 nitrogen and oxygen atoms in total. The van der Waals surface area contributed by atoms with Crippen molar-refractivity contribution in [2.45, 2.75) is 26.3 Å². The van der Waals surface area contributed by atoms with Crippen molar-refractivity contribution in [2.24, 2.45) is 0 Å². The van der Waals surface area contributed by atoms with Crippen LogP contribution in [0.25, 0.3) is 10.2 Å². The van der Waals surface area contributed by atoms with E-state index in [9.17, 15) is 4.79 Å². The minimum Gasteiger partial charge on any atom is -0.462 e. The minimum absolute atomic E-state index is 0.163. The van der Waals surface area contributed by atoms with Gasteiger partial charge in [0.2, 0.25) is 5.95 Å². The lowest BCUT2D eigenvalue weighted by Gasteiger charge is -2.28. The Kier molecular flexibility index (Phi) is 4.59. The SMILES string of the molecule is CCOC(=O)c1cc2c(NC(C)(C)c3ccccc3)nc(N)nc2s1. The van der Waals surface area contributed by atoms with E-state index in [0.717, 1.165) is 10.9 Å². The van der Waals surface area contributed by atoms with Crippen LogP contribution in [0.2, 0.25) is 0 Å². The molecule has 0 aliphatic heterocycles. The van der Waals surface area contributed by atoms with Gasteiger partial charge in [-0.05, 0) is 32.4 Å². The number of carbonyl (C=O) groups excluding carboxylic acids is 1. The zero-order valence-electron chi connectivity index (χ0n) is 14.4. The number of esters is 1. The Hall–Kier alpha value is -2.67. The van der Waals surface area contributed by atoms with E-state index < -0.39 is 0 Å². The minimum atomic E-state index is -0.374. The summed E-state index contributed by atoms with van der Waals surface area (Å²) in [6, 6.07) is 11.8. The van der Waals surface area contributed by atoms with E-state index in [-0.39, 0.29) is 17.5 Å². The van der Waals surface area contributed by atoms with E-state index in [4.69, 9.17) is 10.5 Å². The molecule has 0 saturated carbocycles. The highest BCUT2D eigenvalue weighted by atomic mass is 32.1. The Labute approximate surface area is 150 Å². The van der Waals surface area contributed by atoms with Gasteiger partial charge in [0, 0.05) is 0 Å². The molecule has 0 fully saturated rings. The number of anilines is 2. The van der Waals surface area contributed by atoms with Gasteiger partial charge >= 0.3 is 5.97 Å². The van der Waals surface area contributed by atoms with E-state index in [1.165, 1.54) is 11.3 Å². The summed E-state index contributed by atoms with van der Waals surface area (Å²) in [5, 5.41) is 4.18. The highest BCUT2D eigenvalue weighted by molar-refractivity contribution is 7.20. The van der Waals surface area contributed by atoms with Crippen molar-refractivity contribution in [3.63, 3.8) is 0 Å². The van der Waals surface area contributed by atoms with Gasteiger partial charge in [-0.25, -0.2) is 9.78 Å². The molecule has 0 bridgehead atoms. The lowest BCUT2D eigenvalue weighted by molar-refractivity contribution is 0.0532. The number of aromatic nitrogens is 2. The maximum atomic E-state index is 12.0. The lowest BCUT2D eigenvalue weighted by atomic mass is 9.94. The van der Waals surface area contributed by atoms with Crippen molar-refractivity contribution in [1.82, 2.24) is 9.97 Å². The molecule has 3 aromatic rings. The van der Waals surface area contributed by atoms with Gasteiger partial charge in [-0.15, -0.1) is 11.3 Å². The Bertz CT molecular complexity index is 906. The van der Waals surface area contributed by atoms with Gasteiger partial charge < -0.3 is 15.8 Å². The molecule has 0 unspecified atom stereocenters. The number of nitrogens with two attached hydrogens (primary N) is 1. The number of nitrogen functional groups attached to an aromatic ring is 1. The zero-order chi connectivity index (χ0) is 18.0. The van der Waals surface area contributed by atoms with Crippen molar-refractivity contribution < 1.29 is 9.53 Å². The first kappa shape index (κ1) is 17.2. The predicted molar refractivity (Wildman–Crippen MR) is 101 cm³/mol. The smallest absolute Gasteiger partial charge is 0.348 e. The molecule has 0 spiro atoms. The Balaban J connectivity index is 2.02. The Morgan fingerprint density at radius 1 is 1.28 bits per heavy atom. The van der Waals surface area contributed by atoms with Crippen LogP contribution in [0.1, 0.15) is 36.0 Å². The molecule has 1 aromatic carbocycles. The molecule has 3 rings (SSSR count). The molecular weight excluding hydrogens is 336 g/mol. The van der Waals surface area contributed by atoms with Crippen molar-refractivity contribution in [3.8, 4) is 0 Å². The summed E-state index contributed by atoms with van der Waals surface area (Å²) in [7, 11) is 0. The molecule has 2 heterocycles. The maximum absolute atomic E-state index is 12.0. The summed E-state index contributed by atoms with van der Waals surface area (Å²) in [6.45, 7) is 6.22. The number of ether oxygens (including phenoxy) is 1. The molecule has 0 amide bonds. The topological polar surface area (TPSA) is 90.1 Å². The summed E-state index contributed by atoms with van der Waals surface area (Å²) in [4.78, 5) is 21.7. The van der Waals surface area contributed by atoms with Crippen LogP contribution in [-0.2, 0) is 10.3 Å². The van der Waals surface area contributed by atoms with Gasteiger partial charge in [-0.2, -0.15) is 4.98 Å². The van der Waals surface area contributed by atoms with Gasteiger partial charge in [-0.1, -0.05) is 30.3 Å². The third-order valence-corrected chi connectivity index (χ3v) is 4.82. The number of nitrogens with zero attached hydrogens (tertiary/aromatic N) is 2. The van der Waals surface area contributed by atoms with E-state index >= 15 is 0 Å². The zero-order valence-corrected chi connectivity index (χ0v) is 15.2. The molecule has 7 heteroatoms. The van der Waals surface area contributed by atoms with Gasteiger partial charge in [0.1, 0.15) is 15.5 Å². The number of hydrogen-bond donors (Lipinski definition) is 2. The third-order valence-electron chi connectivity index (χ3n) is 3.81. The fourth-order valence-corrected chi connectivity index (χ4v) is 3.49. The summed E-state index contributed by atoms with van der Waals surface area (Å²) >= 11 is 1.25. The van der Waals surface area contributed by atoms with Gasteiger partial charge in [0.05, 0.1) is 17.5 Å². The first-order chi connectivity index (χ1) is 11.9. The van der Waals surface area contributed by atoms with Crippen molar-refractivity contribution in [2.75, 3.05) is 17.7 Å². The molecule has 0 aliphatic carbocycles. The monoisotopic (exact) mass is 356 g/mol. The summed E-state index contributed by atoms with van der Waals surface area (Å²) < 4.78 is 5.07. The second kappa shape index (κ2) is 6.68. The highest BCUT2D eigenvalue weighted by Gasteiger charge is 2.23. The molecule has 2 aromatic heterocycles. The van der Waals surface area contributed by atoms with Crippen LogP contribution in [0.5, 0.6) is 0 Å². The van der Waals surface area contributed by atoms with Crippen LogP contribution < -0.4 is 11.1 Å². The number of hydrogen-bond acceptors (Lipinski definition) is 7. The van der Waals surface area contributed by atoms with E-state index in [2.05, 4.69) is 29.1 Å². The lowest BCUT2D eigenvalue weighted by Crippen LogP contribution is -2.28. The second-order valence-electron chi connectivity index (χ2n) is 6.10. The molecule has 0 radical (unpaired) electrons. The number of fused-ring (bicyclic) bond motifs is 1. The van der Waals surface area contributed by atoms with Crippen LogP contribution in [0.4, 0.5) is 11.8 Å². The number of carbonyl (C=O) groups is 1. The van der Waals surface area contributed by atoms with Crippen LogP contribution >= 0.6 is 11.3 Å². The molecule has 130 valence electrons. The molecule has 25 heavy (non-hydrogen) atoms. The van der Waals surface area contributed by atoms with Gasteiger partial charge in [0.15, 0.2) is 0 Å². The summed E-state index contributed by atoms with van der Waals surface area (Å²) in [5.41, 5.74) is 6.59. The molecule has 0 atom stereocenters. The van der Waals surface area contributed by atoms with Crippen molar-refractivity contribution in [1.29, 1.82) is 0 Å².